The third-order valence-electron chi connectivity index (χ3n) is 2.67. The highest BCUT2D eigenvalue weighted by Crippen LogP contribution is 2.38. The van der Waals surface area contributed by atoms with Crippen molar-refractivity contribution in [2.45, 2.75) is 25.3 Å². The Bertz CT molecular complexity index is 336. The monoisotopic (exact) mass is 213 g/mol. The molecule has 1 aromatic carbocycles. The quantitative estimate of drug-likeness (QED) is 0.820. The summed E-state index contributed by atoms with van der Waals surface area (Å²) < 4.78 is 13.1. The Morgan fingerprint density at radius 3 is 2.86 bits per heavy atom. The molecule has 2 N–H and O–H groups in total. The van der Waals surface area contributed by atoms with Crippen LogP contribution in [0.1, 0.15) is 30.9 Å². The molecule has 76 valence electrons. The van der Waals surface area contributed by atoms with Gasteiger partial charge in [0.25, 0.3) is 0 Å². The number of rotatable bonds is 3. The van der Waals surface area contributed by atoms with Crippen LogP contribution in [0.15, 0.2) is 18.2 Å². The number of nitrogens with two attached hydrogens (primary N) is 1. The van der Waals surface area contributed by atoms with Gasteiger partial charge in [0, 0.05) is 6.04 Å². The first kappa shape index (κ1) is 9.94. The molecule has 0 heterocycles. The maximum absolute atomic E-state index is 13.1. The van der Waals surface area contributed by atoms with E-state index >= 15 is 0 Å². The molecule has 1 saturated carbocycles. The molecule has 0 spiro atoms. The van der Waals surface area contributed by atoms with Gasteiger partial charge in [0.05, 0.1) is 5.02 Å². The zero-order valence-electron chi connectivity index (χ0n) is 7.84. The van der Waals surface area contributed by atoms with E-state index in [1.54, 1.807) is 12.1 Å². The minimum atomic E-state index is -0.379. The van der Waals surface area contributed by atoms with Gasteiger partial charge in [0.2, 0.25) is 0 Å². The molecule has 1 aromatic rings. The summed E-state index contributed by atoms with van der Waals surface area (Å²) in [6.07, 6.45) is 3.42. The third kappa shape index (κ3) is 2.07. The molecule has 0 radical (unpaired) electrons. The highest BCUT2D eigenvalue weighted by Gasteiger charge is 2.25. The summed E-state index contributed by atoms with van der Waals surface area (Å²) in [6.45, 7) is 0. The van der Waals surface area contributed by atoms with Gasteiger partial charge in [0.1, 0.15) is 5.82 Å². The van der Waals surface area contributed by atoms with Crippen LogP contribution in [-0.4, -0.2) is 0 Å². The van der Waals surface area contributed by atoms with Crippen LogP contribution >= 0.6 is 11.6 Å². The maximum Gasteiger partial charge on any atom is 0.142 e. The van der Waals surface area contributed by atoms with Gasteiger partial charge in [-0.25, -0.2) is 4.39 Å². The number of hydrogen-bond donors (Lipinski definition) is 1. The molecular formula is C11H13ClFN. The minimum absolute atomic E-state index is 0.120. The van der Waals surface area contributed by atoms with Crippen molar-refractivity contribution < 1.29 is 4.39 Å². The van der Waals surface area contributed by atoms with E-state index in [0.717, 1.165) is 17.9 Å². The Morgan fingerprint density at radius 1 is 1.50 bits per heavy atom. The predicted molar refractivity (Wildman–Crippen MR) is 55.7 cm³/mol. The zero-order chi connectivity index (χ0) is 10.1. The van der Waals surface area contributed by atoms with Gasteiger partial charge in [-0.2, -0.15) is 0 Å². The van der Waals surface area contributed by atoms with Crippen molar-refractivity contribution in [1.82, 2.24) is 0 Å². The smallest absolute Gasteiger partial charge is 0.142 e. The van der Waals surface area contributed by atoms with Crippen molar-refractivity contribution in [3.8, 4) is 0 Å². The van der Waals surface area contributed by atoms with Gasteiger partial charge in [0.15, 0.2) is 0 Å². The van der Waals surface area contributed by atoms with Crippen molar-refractivity contribution in [3.05, 3.63) is 34.6 Å². The summed E-state index contributed by atoms with van der Waals surface area (Å²) in [6, 6.07) is 4.70. The van der Waals surface area contributed by atoms with Gasteiger partial charge in [-0.3, -0.25) is 0 Å². The summed E-state index contributed by atoms with van der Waals surface area (Å²) in [7, 11) is 0. The first-order chi connectivity index (χ1) is 6.68. The number of hydrogen-bond acceptors (Lipinski definition) is 1. The van der Waals surface area contributed by atoms with E-state index in [1.807, 2.05) is 0 Å². The molecule has 1 nitrogen and oxygen atoms in total. The average Bonchev–Trinajstić information content (AvgIpc) is 2.93. The van der Waals surface area contributed by atoms with Gasteiger partial charge < -0.3 is 5.73 Å². The maximum atomic E-state index is 13.1. The van der Waals surface area contributed by atoms with Crippen LogP contribution in [-0.2, 0) is 0 Å². The van der Waals surface area contributed by atoms with Crippen molar-refractivity contribution in [3.63, 3.8) is 0 Å². The van der Waals surface area contributed by atoms with Crippen LogP contribution < -0.4 is 5.73 Å². The molecular weight excluding hydrogens is 201 g/mol. The molecule has 1 fully saturated rings. The van der Waals surface area contributed by atoms with Crippen LogP contribution in [0.3, 0.4) is 0 Å². The highest BCUT2D eigenvalue weighted by atomic mass is 35.5. The van der Waals surface area contributed by atoms with Gasteiger partial charge >= 0.3 is 0 Å². The van der Waals surface area contributed by atoms with E-state index < -0.39 is 0 Å². The normalized spacial score (nSPS) is 18.2. The lowest BCUT2D eigenvalue weighted by molar-refractivity contribution is 0.583. The fourth-order valence-electron chi connectivity index (χ4n) is 1.65. The van der Waals surface area contributed by atoms with E-state index in [9.17, 15) is 4.39 Å². The topological polar surface area (TPSA) is 26.0 Å². The van der Waals surface area contributed by atoms with E-state index in [4.69, 9.17) is 17.3 Å². The van der Waals surface area contributed by atoms with Crippen LogP contribution in [0.5, 0.6) is 0 Å². The molecule has 0 unspecified atom stereocenters. The average molecular weight is 214 g/mol. The lowest BCUT2D eigenvalue weighted by atomic mass is 10.0. The Hall–Kier alpha value is -0.600. The first-order valence-corrected chi connectivity index (χ1v) is 5.25. The molecule has 14 heavy (non-hydrogen) atoms. The van der Waals surface area contributed by atoms with Crippen molar-refractivity contribution in [2.75, 3.05) is 0 Å². The first-order valence-electron chi connectivity index (χ1n) is 4.88. The standard InChI is InChI=1S/C11H13ClFN/c12-11-8(2-1-3-9(11)13)10(14)6-7-4-5-7/h1-3,7,10H,4-6,14H2/t10-/m1/s1. The highest BCUT2D eigenvalue weighted by molar-refractivity contribution is 6.31. The van der Waals surface area contributed by atoms with Crippen LogP contribution in [0, 0.1) is 11.7 Å². The fourth-order valence-corrected chi connectivity index (χ4v) is 1.91. The number of benzene rings is 1. The summed E-state index contributed by atoms with van der Waals surface area (Å²) in [5.74, 6) is 0.347. The summed E-state index contributed by atoms with van der Waals surface area (Å²) >= 11 is 5.84. The van der Waals surface area contributed by atoms with Crippen LogP contribution in [0.2, 0.25) is 5.02 Å². The summed E-state index contributed by atoms with van der Waals surface area (Å²) in [5.41, 5.74) is 6.69. The Morgan fingerprint density at radius 2 is 2.21 bits per heavy atom. The summed E-state index contributed by atoms with van der Waals surface area (Å²) in [5, 5.41) is 0.181. The van der Waals surface area contributed by atoms with E-state index in [0.29, 0.717) is 0 Å². The molecule has 0 aromatic heterocycles. The molecule has 3 heteroatoms. The fraction of sp³-hybridized carbons (Fsp3) is 0.455. The van der Waals surface area contributed by atoms with Gasteiger partial charge in [-0.05, 0) is 24.0 Å². The van der Waals surface area contributed by atoms with Crippen molar-refractivity contribution in [2.24, 2.45) is 11.7 Å². The third-order valence-corrected chi connectivity index (χ3v) is 3.06. The van der Waals surface area contributed by atoms with Gasteiger partial charge in [-0.1, -0.05) is 36.6 Å². The largest absolute Gasteiger partial charge is 0.324 e. The molecule has 0 saturated heterocycles. The SMILES string of the molecule is N[C@H](CC1CC1)c1cccc(F)c1Cl. The van der Waals surface area contributed by atoms with E-state index in [2.05, 4.69) is 0 Å². The van der Waals surface area contributed by atoms with Gasteiger partial charge in [-0.15, -0.1) is 0 Å². The lowest BCUT2D eigenvalue weighted by Crippen LogP contribution is -2.11. The molecule has 0 amide bonds. The van der Waals surface area contributed by atoms with Crippen LogP contribution in [0.25, 0.3) is 0 Å². The molecule has 1 aliphatic carbocycles. The molecule has 1 atom stereocenters. The van der Waals surface area contributed by atoms with E-state index in [1.165, 1.54) is 18.9 Å². The molecule has 2 rings (SSSR count). The predicted octanol–water partition coefficient (Wildman–Crippen LogP) is 3.28. The minimum Gasteiger partial charge on any atom is -0.324 e. The number of halogens is 2. The molecule has 0 bridgehead atoms. The Balaban J connectivity index is 2.16. The molecule has 0 aliphatic heterocycles. The summed E-state index contributed by atoms with van der Waals surface area (Å²) in [4.78, 5) is 0. The second kappa shape index (κ2) is 3.87. The van der Waals surface area contributed by atoms with Crippen molar-refractivity contribution in [1.29, 1.82) is 0 Å². The second-order valence-corrected chi connectivity index (χ2v) is 4.31. The van der Waals surface area contributed by atoms with E-state index in [-0.39, 0.29) is 16.9 Å². The Kier molecular flexibility index (Phi) is 2.75. The van der Waals surface area contributed by atoms with Crippen molar-refractivity contribution >= 4 is 11.6 Å². The zero-order valence-corrected chi connectivity index (χ0v) is 8.60. The van der Waals surface area contributed by atoms with Crippen LogP contribution in [0.4, 0.5) is 4.39 Å². The second-order valence-electron chi connectivity index (χ2n) is 3.93. The lowest BCUT2D eigenvalue weighted by Gasteiger charge is -2.13. The Labute approximate surface area is 88.1 Å². The molecule has 1 aliphatic rings.